The monoisotopic (exact) mass is 412 g/mol. The molecular formula is C23H28N2O5. The maximum absolute atomic E-state index is 12.4. The van der Waals surface area contributed by atoms with E-state index in [4.69, 9.17) is 9.47 Å². The molecule has 2 aromatic rings. The van der Waals surface area contributed by atoms with Crippen molar-refractivity contribution in [1.82, 2.24) is 4.90 Å². The van der Waals surface area contributed by atoms with Gasteiger partial charge in [-0.15, -0.1) is 0 Å². The highest BCUT2D eigenvalue weighted by atomic mass is 16.6. The van der Waals surface area contributed by atoms with E-state index in [0.717, 1.165) is 11.1 Å². The van der Waals surface area contributed by atoms with Crippen molar-refractivity contribution in [3.63, 3.8) is 0 Å². The normalized spacial score (nSPS) is 10.3. The number of aryl methyl sites for hydroxylation is 2. The molecule has 7 heteroatoms. The molecule has 0 fully saturated rings. The molecular weight excluding hydrogens is 384 g/mol. The summed E-state index contributed by atoms with van der Waals surface area (Å²) in [5, 5.41) is 2.63. The minimum absolute atomic E-state index is 0.106. The summed E-state index contributed by atoms with van der Waals surface area (Å²) in [6.07, 6.45) is 0. The quantitative estimate of drug-likeness (QED) is 0.639. The van der Waals surface area contributed by atoms with Crippen LogP contribution in [0.15, 0.2) is 42.5 Å². The topological polar surface area (TPSA) is 84.9 Å². The zero-order valence-electron chi connectivity index (χ0n) is 17.9. The molecule has 7 nitrogen and oxygen atoms in total. The first-order valence-corrected chi connectivity index (χ1v) is 9.88. The van der Waals surface area contributed by atoms with Gasteiger partial charge in [-0.2, -0.15) is 0 Å². The number of nitrogens with zero attached hydrogens (tertiary/aromatic N) is 1. The van der Waals surface area contributed by atoms with Crippen LogP contribution in [-0.4, -0.2) is 49.0 Å². The predicted molar refractivity (Wildman–Crippen MR) is 115 cm³/mol. The van der Waals surface area contributed by atoms with Gasteiger partial charge in [-0.1, -0.05) is 12.1 Å². The standard InChI is InChI=1S/C23H28N2O5/c1-5-25(6-2)23(28)18-8-7-9-19(13-18)24-21(26)14-30-22(27)15-29-20-11-10-16(3)17(4)12-20/h7-13H,5-6,14-15H2,1-4H3,(H,24,26). The van der Waals surface area contributed by atoms with Crippen molar-refractivity contribution in [2.24, 2.45) is 0 Å². The van der Waals surface area contributed by atoms with Gasteiger partial charge < -0.3 is 19.7 Å². The Kier molecular flexibility index (Phi) is 8.41. The third-order valence-electron chi connectivity index (χ3n) is 4.64. The van der Waals surface area contributed by atoms with E-state index in [-0.39, 0.29) is 12.5 Å². The van der Waals surface area contributed by atoms with Crippen molar-refractivity contribution in [3.8, 4) is 5.75 Å². The zero-order valence-corrected chi connectivity index (χ0v) is 17.9. The van der Waals surface area contributed by atoms with Crippen molar-refractivity contribution >= 4 is 23.5 Å². The SMILES string of the molecule is CCN(CC)C(=O)c1cccc(NC(=O)COC(=O)COc2ccc(C)c(C)c2)c1. The second kappa shape index (κ2) is 11.0. The van der Waals surface area contributed by atoms with E-state index in [1.54, 1.807) is 35.2 Å². The average molecular weight is 412 g/mol. The molecule has 0 aromatic heterocycles. The van der Waals surface area contributed by atoms with Crippen LogP contribution in [0.2, 0.25) is 0 Å². The predicted octanol–water partition coefficient (Wildman–Crippen LogP) is 3.35. The molecule has 0 radical (unpaired) electrons. The summed E-state index contributed by atoms with van der Waals surface area (Å²) in [7, 11) is 0. The van der Waals surface area contributed by atoms with Gasteiger partial charge in [-0.05, 0) is 69.2 Å². The number of ether oxygens (including phenoxy) is 2. The van der Waals surface area contributed by atoms with Crippen molar-refractivity contribution < 1.29 is 23.9 Å². The molecule has 2 aromatic carbocycles. The Bertz CT molecular complexity index is 906. The highest BCUT2D eigenvalue weighted by Gasteiger charge is 2.14. The molecule has 1 N–H and O–H groups in total. The first kappa shape index (κ1) is 22.9. The van der Waals surface area contributed by atoms with Crippen LogP contribution < -0.4 is 10.1 Å². The molecule has 0 saturated heterocycles. The third kappa shape index (κ3) is 6.62. The lowest BCUT2D eigenvalue weighted by atomic mass is 10.1. The fourth-order valence-electron chi connectivity index (χ4n) is 2.75. The molecule has 160 valence electrons. The molecule has 0 spiro atoms. The smallest absolute Gasteiger partial charge is 0.344 e. The molecule has 0 aliphatic rings. The summed E-state index contributed by atoms with van der Waals surface area (Å²) >= 11 is 0. The van der Waals surface area contributed by atoms with Gasteiger partial charge in [0.2, 0.25) is 0 Å². The van der Waals surface area contributed by atoms with Gasteiger partial charge in [0.05, 0.1) is 0 Å². The lowest BCUT2D eigenvalue weighted by Crippen LogP contribution is -2.30. The maximum Gasteiger partial charge on any atom is 0.344 e. The Morgan fingerprint density at radius 1 is 0.933 bits per heavy atom. The number of carbonyl (C=O) groups excluding carboxylic acids is 3. The lowest BCUT2D eigenvalue weighted by Gasteiger charge is -2.19. The molecule has 0 bridgehead atoms. The third-order valence-corrected chi connectivity index (χ3v) is 4.64. The molecule has 0 atom stereocenters. The van der Waals surface area contributed by atoms with Crippen LogP contribution in [-0.2, 0) is 14.3 Å². The number of carbonyl (C=O) groups is 3. The first-order chi connectivity index (χ1) is 14.3. The summed E-state index contributed by atoms with van der Waals surface area (Å²) in [6.45, 7) is 8.23. The van der Waals surface area contributed by atoms with Crippen LogP contribution in [0.5, 0.6) is 5.75 Å². The Morgan fingerprint density at radius 2 is 1.67 bits per heavy atom. The molecule has 0 unspecified atom stereocenters. The minimum Gasteiger partial charge on any atom is -0.482 e. The number of nitrogens with one attached hydrogen (secondary N) is 1. The van der Waals surface area contributed by atoms with Crippen LogP contribution in [0.25, 0.3) is 0 Å². The zero-order chi connectivity index (χ0) is 22.1. The van der Waals surface area contributed by atoms with Crippen molar-refractivity contribution in [3.05, 3.63) is 59.2 Å². The molecule has 30 heavy (non-hydrogen) atoms. The fraction of sp³-hybridized carbons (Fsp3) is 0.348. The number of hydrogen-bond donors (Lipinski definition) is 1. The molecule has 0 saturated carbocycles. The van der Waals surface area contributed by atoms with Crippen molar-refractivity contribution in [1.29, 1.82) is 0 Å². The van der Waals surface area contributed by atoms with Gasteiger partial charge in [-0.25, -0.2) is 4.79 Å². The van der Waals surface area contributed by atoms with Crippen molar-refractivity contribution in [2.75, 3.05) is 31.6 Å². The summed E-state index contributed by atoms with van der Waals surface area (Å²) in [5.41, 5.74) is 3.13. The second-order valence-electron chi connectivity index (χ2n) is 6.80. The fourth-order valence-corrected chi connectivity index (χ4v) is 2.75. The van der Waals surface area contributed by atoms with Gasteiger partial charge in [-0.3, -0.25) is 9.59 Å². The maximum atomic E-state index is 12.4. The Balaban J connectivity index is 1.82. The average Bonchev–Trinajstić information content (AvgIpc) is 2.74. The van der Waals surface area contributed by atoms with E-state index in [1.807, 2.05) is 39.8 Å². The molecule has 0 aliphatic heterocycles. The number of hydrogen-bond acceptors (Lipinski definition) is 5. The number of amides is 2. The van der Waals surface area contributed by atoms with Crippen LogP contribution in [0.1, 0.15) is 35.3 Å². The van der Waals surface area contributed by atoms with E-state index in [2.05, 4.69) is 5.32 Å². The van der Waals surface area contributed by atoms with Crippen LogP contribution in [0, 0.1) is 13.8 Å². The molecule has 0 aliphatic carbocycles. The Hall–Kier alpha value is -3.35. The van der Waals surface area contributed by atoms with E-state index in [1.165, 1.54) is 0 Å². The second-order valence-corrected chi connectivity index (χ2v) is 6.80. The summed E-state index contributed by atoms with van der Waals surface area (Å²) in [5.74, 6) is -0.684. The summed E-state index contributed by atoms with van der Waals surface area (Å²) < 4.78 is 10.3. The Labute approximate surface area is 177 Å². The number of rotatable bonds is 9. The van der Waals surface area contributed by atoms with Crippen LogP contribution >= 0.6 is 0 Å². The van der Waals surface area contributed by atoms with Gasteiger partial charge in [0.1, 0.15) is 5.75 Å². The number of esters is 1. The summed E-state index contributed by atoms with van der Waals surface area (Å²) in [4.78, 5) is 38.0. The highest BCUT2D eigenvalue weighted by molar-refractivity contribution is 5.97. The Morgan fingerprint density at radius 3 is 2.33 bits per heavy atom. The minimum atomic E-state index is -0.645. The van der Waals surface area contributed by atoms with Crippen LogP contribution in [0.3, 0.4) is 0 Å². The van der Waals surface area contributed by atoms with Gasteiger partial charge in [0, 0.05) is 24.3 Å². The molecule has 0 heterocycles. The number of benzene rings is 2. The van der Waals surface area contributed by atoms with E-state index < -0.39 is 18.5 Å². The van der Waals surface area contributed by atoms with Gasteiger partial charge in [0.15, 0.2) is 13.2 Å². The summed E-state index contributed by atoms with van der Waals surface area (Å²) in [6, 6.07) is 12.2. The van der Waals surface area contributed by atoms with E-state index in [9.17, 15) is 14.4 Å². The highest BCUT2D eigenvalue weighted by Crippen LogP contribution is 2.16. The first-order valence-electron chi connectivity index (χ1n) is 9.88. The molecule has 2 rings (SSSR count). The molecule has 2 amide bonds. The van der Waals surface area contributed by atoms with Gasteiger partial charge >= 0.3 is 5.97 Å². The van der Waals surface area contributed by atoms with Gasteiger partial charge in [0.25, 0.3) is 11.8 Å². The number of anilines is 1. The van der Waals surface area contributed by atoms with Crippen LogP contribution in [0.4, 0.5) is 5.69 Å². The largest absolute Gasteiger partial charge is 0.482 e. The van der Waals surface area contributed by atoms with Crippen molar-refractivity contribution in [2.45, 2.75) is 27.7 Å². The lowest BCUT2D eigenvalue weighted by molar-refractivity contribution is -0.149. The van der Waals surface area contributed by atoms with E-state index >= 15 is 0 Å². The van der Waals surface area contributed by atoms with E-state index in [0.29, 0.717) is 30.1 Å².